The third kappa shape index (κ3) is 4.20. The maximum Gasteiger partial charge on any atom is 0.127 e. The summed E-state index contributed by atoms with van der Waals surface area (Å²) in [4.78, 5) is 0. The molecule has 0 aliphatic heterocycles. The quantitative estimate of drug-likeness (QED) is 0.351. The Morgan fingerprint density at radius 2 is 1.00 bits per heavy atom. The van der Waals surface area contributed by atoms with Crippen LogP contribution in [0.5, 0.6) is 0 Å². The Bertz CT molecular complexity index is 642. The maximum absolute atomic E-state index is 2.35. The Hall–Kier alpha value is -1.48. The lowest BCUT2D eigenvalue weighted by molar-refractivity contribution is 0.778. The fraction of sp³-hybridized carbons (Fsp3) is 0.217. The SMILES string of the molecule is CCCCCP[P+](c1ccccc1)(c1ccccc1)c1ccccc1. The summed E-state index contributed by atoms with van der Waals surface area (Å²) in [6.07, 6.45) is 5.28. The van der Waals surface area contributed by atoms with E-state index < -0.39 is 6.95 Å². The van der Waals surface area contributed by atoms with Gasteiger partial charge in [-0.05, 0) is 42.8 Å². The molecule has 0 spiro atoms. The summed E-state index contributed by atoms with van der Waals surface area (Å²) in [7, 11) is 0.947. The molecule has 0 amide bonds. The van der Waals surface area contributed by atoms with E-state index in [2.05, 4.69) is 97.9 Å². The van der Waals surface area contributed by atoms with Crippen LogP contribution in [0.15, 0.2) is 91.0 Å². The van der Waals surface area contributed by atoms with E-state index in [4.69, 9.17) is 0 Å². The van der Waals surface area contributed by atoms with Crippen LogP contribution in [-0.4, -0.2) is 6.16 Å². The zero-order valence-corrected chi connectivity index (χ0v) is 16.8. The van der Waals surface area contributed by atoms with Gasteiger partial charge in [0.05, 0.1) is 8.27 Å². The zero-order chi connectivity index (χ0) is 17.4. The summed E-state index contributed by atoms with van der Waals surface area (Å²) in [6, 6.07) is 33.7. The van der Waals surface area contributed by atoms with E-state index >= 15 is 0 Å². The van der Waals surface area contributed by atoms with Gasteiger partial charge < -0.3 is 0 Å². The lowest BCUT2D eigenvalue weighted by atomic mass is 10.3. The van der Waals surface area contributed by atoms with Crippen LogP contribution in [0.1, 0.15) is 26.2 Å². The Morgan fingerprint density at radius 3 is 1.36 bits per heavy atom. The van der Waals surface area contributed by atoms with Crippen molar-refractivity contribution in [3.05, 3.63) is 91.0 Å². The predicted octanol–water partition coefficient (Wildman–Crippen LogP) is 5.76. The number of unbranched alkanes of at least 4 members (excludes halogenated alkanes) is 2. The van der Waals surface area contributed by atoms with Crippen LogP contribution in [0, 0.1) is 0 Å². The van der Waals surface area contributed by atoms with E-state index in [0.29, 0.717) is 0 Å². The molecule has 3 aromatic rings. The summed E-state index contributed by atoms with van der Waals surface area (Å²) in [5, 5.41) is 4.55. The van der Waals surface area contributed by atoms with Crippen LogP contribution in [0.25, 0.3) is 0 Å². The molecule has 128 valence electrons. The van der Waals surface area contributed by atoms with Crippen molar-refractivity contribution in [3.8, 4) is 0 Å². The van der Waals surface area contributed by atoms with Crippen molar-refractivity contribution in [2.45, 2.75) is 26.2 Å². The molecule has 1 atom stereocenters. The molecule has 0 nitrogen and oxygen atoms in total. The Kier molecular flexibility index (Phi) is 6.80. The number of hydrogen-bond donors (Lipinski definition) is 0. The van der Waals surface area contributed by atoms with Crippen molar-refractivity contribution in [2.24, 2.45) is 0 Å². The van der Waals surface area contributed by atoms with Gasteiger partial charge in [-0.25, -0.2) is 0 Å². The van der Waals surface area contributed by atoms with Gasteiger partial charge in [0.2, 0.25) is 0 Å². The van der Waals surface area contributed by atoms with E-state index in [9.17, 15) is 0 Å². The standard InChI is InChI=1S/C23H27P2/c1-2-3-13-20-24-25(21-14-7-4-8-15-21,22-16-9-5-10-17-22)23-18-11-6-12-19-23/h4-12,14-19,24H,2-3,13,20H2,1H3/q+1. The second-order valence-corrected chi connectivity index (χ2v) is 13.0. The van der Waals surface area contributed by atoms with Gasteiger partial charge in [0.1, 0.15) is 22.9 Å². The van der Waals surface area contributed by atoms with Gasteiger partial charge in [0, 0.05) is 6.16 Å². The Morgan fingerprint density at radius 1 is 0.600 bits per heavy atom. The highest BCUT2D eigenvalue weighted by molar-refractivity contribution is 8.42. The third-order valence-electron chi connectivity index (χ3n) is 4.56. The molecule has 25 heavy (non-hydrogen) atoms. The van der Waals surface area contributed by atoms with Crippen LogP contribution in [0.4, 0.5) is 0 Å². The molecular formula is C23H27P2+. The first-order valence-corrected chi connectivity index (χ1v) is 13.0. The van der Waals surface area contributed by atoms with Gasteiger partial charge in [-0.1, -0.05) is 74.4 Å². The summed E-state index contributed by atoms with van der Waals surface area (Å²) < 4.78 is 0. The van der Waals surface area contributed by atoms with Crippen LogP contribution in [0.2, 0.25) is 0 Å². The van der Waals surface area contributed by atoms with Crippen molar-refractivity contribution in [1.29, 1.82) is 0 Å². The minimum Gasteiger partial charge on any atom is -0.0654 e. The Labute approximate surface area is 154 Å². The second-order valence-electron chi connectivity index (χ2n) is 6.29. The van der Waals surface area contributed by atoms with Gasteiger partial charge in [-0.3, -0.25) is 0 Å². The third-order valence-corrected chi connectivity index (χ3v) is 13.2. The van der Waals surface area contributed by atoms with E-state index in [0.717, 1.165) is 8.27 Å². The lowest BCUT2D eigenvalue weighted by Crippen LogP contribution is -2.28. The molecule has 0 aliphatic rings. The molecule has 0 saturated carbocycles. The molecule has 0 heterocycles. The smallest absolute Gasteiger partial charge is 0.0654 e. The van der Waals surface area contributed by atoms with Crippen molar-refractivity contribution in [1.82, 2.24) is 0 Å². The summed E-state index contributed by atoms with van der Waals surface area (Å²) >= 11 is 0. The van der Waals surface area contributed by atoms with E-state index in [1.165, 1.54) is 41.3 Å². The molecule has 3 aromatic carbocycles. The van der Waals surface area contributed by atoms with E-state index in [-0.39, 0.29) is 0 Å². The van der Waals surface area contributed by atoms with Crippen LogP contribution >= 0.6 is 15.2 Å². The fourth-order valence-corrected chi connectivity index (χ4v) is 11.8. The molecule has 2 heteroatoms. The van der Waals surface area contributed by atoms with Gasteiger partial charge in [-0.15, -0.1) is 0 Å². The molecule has 1 unspecified atom stereocenters. The van der Waals surface area contributed by atoms with Crippen molar-refractivity contribution in [3.63, 3.8) is 0 Å². The second kappa shape index (κ2) is 9.28. The highest BCUT2D eigenvalue weighted by atomic mass is 32.1. The molecule has 0 saturated heterocycles. The summed E-state index contributed by atoms with van der Waals surface area (Å²) in [6.45, 7) is 0.723. The average molecular weight is 365 g/mol. The molecule has 3 rings (SSSR count). The van der Waals surface area contributed by atoms with Gasteiger partial charge in [-0.2, -0.15) is 0 Å². The minimum atomic E-state index is -1.57. The number of rotatable bonds is 8. The zero-order valence-electron chi connectivity index (χ0n) is 14.9. The maximum atomic E-state index is 2.35. The van der Waals surface area contributed by atoms with Crippen LogP contribution in [0.3, 0.4) is 0 Å². The first kappa shape index (κ1) is 18.3. The molecule has 0 radical (unpaired) electrons. The average Bonchev–Trinajstić information content (AvgIpc) is 2.70. The fourth-order valence-electron chi connectivity index (χ4n) is 3.30. The minimum absolute atomic E-state index is 0.947. The largest absolute Gasteiger partial charge is 0.127 e. The Balaban J connectivity index is 2.13. The monoisotopic (exact) mass is 365 g/mol. The lowest BCUT2D eigenvalue weighted by Gasteiger charge is -2.27. The van der Waals surface area contributed by atoms with Crippen LogP contribution < -0.4 is 15.9 Å². The molecule has 0 aliphatic carbocycles. The van der Waals surface area contributed by atoms with E-state index in [1.807, 2.05) is 0 Å². The number of benzene rings is 3. The van der Waals surface area contributed by atoms with Crippen molar-refractivity contribution >= 4 is 31.1 Å². The first-order chi connectivity index (χ1) is 12.4. The van der Waals surface area contributed by atoms with E-state index in [1.54, 1.807) is 0 Å². The molecule has 0 aromatic heterocycles. The normalized spacial score (nSPS) is 11.9. The van der Waals surface area contributed by atoms with Gasteiger partial charge >= 0.3 is 0 Å². The highest BCUT2D eigenvalue weighted by Crippen LogP contribution is 2.71. The number of hydrogen-bond acceptors (Lipinski definition) is 0. The van der Waals surface area contributed by atoms with Gasteiger partial charge in [0.15, 0.2) is 0 Å². The van der Waals surface area contributed by atoms with Gasteiger partial charge in [0.25, 0.3) is 0 Å². The van der Waals surface area contributed by atoms with Crippen molar-refractivity contribution in [2.75, 3.05) is 6.16 Å². The predicted molar refractivity (Wildman–Crippen MR) is 118 cm³/mol. The summed E-state index contributed by atoms with van der Waals surface area (Å²) in [5.74, 6) is 0. The highest BCUT2D eigenvalue weighted by Gasteiger charge is 2.44. The summed E-state index contributed by atoms with van der Waals surface area (Å²) in [5.41, 5.74) is 0. The van der Waals surface area contributed by atoms with Crippen molar-refractivity contribution < 1.29 is 0 Å². The molecule has 0 bridgehead atoms. The molecule has 0 fully saturated rings. The van der Waals surface area contributed by atoms with Crippen LogP contribution in [-0.2, 0) is 0 Å². The topological polar surface area (TPSA) is 0 Å². The first-order valence-electron chi connectivity index (χ1n) is 9.19. The molecule has 0 N–H and O–H groups in total. The molecular weight excluding hydrogens is 338 g/mol.